The monoisotopic (exact) mass is 370 g/mol. The van der Waals surface area contributed by atoms with Crippen LogP contribution >= 0.6 is 15.9 Å². The predicted octanol–water partition coefficient (Wildman–Crippen LogP) is 1.60. The molecular formula is C15H23BrN4O2. The first-order valence-corrected chi connectivity index (χ1v) is 8.68. The zero-order valence-electron chi connectivity index (χ0n) is 12.8. The van der Waals surface area contributed by atoms with Crippen LogP contribution in [0.15, 0.2) is 10.7 Å². The molecule has 0 unspecified atom stereocenters. The van der Waals surface area contributed by atoms with Crippen LogP contribution in [0, 0.1) is 5.92 Å². The smallest absolute Gasteiger partial charge is 0.317 e. The van der Waals surface area contributed by atoms with Crippen molar-refractivity contribution < 1.29 is 9.90 Å². The highest BCUT2D eigenvalue weighted by molar-refractivity contribution is 9.10. The van der Waals surface area contributed by atoms with Crippen LogP contribution in [0.1, 0.15) is 31.4 Å². The summed E-state index contributed by atoms with van der Waals surface area (Å²) in [5.41, 5.74) is 1.14. The van der Waals surface area contributed by atoms with Crippen LogP contribution in [0.2, 0.25) is 0 Å². The van der Waals surface area contributed by atoms with E-state index in [2.05, 4.69) is 31.2 Å². The fourth-order valence-corrected chi connectivity index (χ4v) is 3.57. The van der Waals surface area contributed by atoms with Crippen molar-refractivity contribution in [3.05, 3.63) is 16.4 Å². The maximum atomic E-state index is 11.0. The number of nitrogens with zero attached hydrogens (tertiary/aromatic N) is 3. The molecule has 0 aromatic carbocycles. The second-order valence-electron chi connectivity index (χ2n) is 6.53. The number of aromatic nitrogens is 2. The molecule has 22 heavy (non-hydrogen) atoms. The third-order valence-corrected chi connectivity index (χ3v) is 5.39. The molecule has 6 nitrogen and oxygen atoms in total. The molecule has 2 aliphatic carbocycles. The molecule has 0 aliphatic heterocycles. The number of hydrogen-bond donors (Lipinski definition) is 2. The molecule has 2 N–H and O–H groups in total. The molecule has 0 spiro atoms. The number of rotatable bonds is 8. The Balaban J connectivity index is 1.44. The minimum atomic E-state index is -0.712. The van der Waals surface area contributed by atoms with Gasteiger partial charge in [-0.3, -0.25) is 14.4 Å². The Morgan fingerprint density at radius 3 is 2.82 bits per heavy atom. The Morgan fingerprint density at radius 2 is 2.27 bits per heavy atom. The van der Waals surface area contributed by atoms with Crippen molar-refractivity contribution >= 4 is 21.9 Å². The molecule has 2 fully saturated rings. The fraction of sp³-hybridized carbons (Fsp3) is 0.733. The maximum absolute atomic E-state index is 11.0. The highest BCUT2D eigenvalue weighted by atomic mass is 79.9. The fourth-order valence-electron chi connectivity index (χ4n) is 3.08. The van der Waals surface area contributed by atoms with Gasteiger partial charge in [0.1, 0.15) is 0 Å². The first kappa shape index (κ1) is 16.0. The van der Waals surface area contributed by atoms with E-state index in [4.69, 9.17) is 5.11 Å². The molecule has 0 amide bonds. The molecule has 0 saturated heterocycles. The van der Waals surface area contributed by atoms with Crippen molar-refractivity contribution in [3.8, 4) is 0 Å². The third-order valence-electron chi connectivity index (χ3n) is 4.73. The lowest BCUT2D eigenvalue weighted by Gasteiger charge is -2.43. The number of carboxylic acids is 1. The van der Waals surface area contributed by atoms with Gasteiger partial charge in [0.25, 0.3) is 0 Å². The Kier molecular flexibility index (Phi) is 4.84. The van der Waals surface area contributed by atoms with Gasteiger partial charge >= 0.3 is 5.97 Å². The van der Waals surface area contributed by atoms with Crippen molar-refractivity contribution in [2.75, 3.05) is 13.1 Å². The molecule has 2 saturated carbocycles. The summed E-state index contributed by atoms with van der Waals surface area (Å²) >= 11 is 3.51. The molecule has 0 radical (unpaired) electrons. The SMILES string of the molecule is Cn1ncc(Br)c1CNC1CC(N(CC(=O)O)CC2CC2)C1. The van der Waals surface area contributed by atoms with Gasteiger partial charge in [0.05, 0.1) is 22.9 Å². The zero-order chi connectivity index (χ0) is 15.7. The van der Waals surface area contributed by atoms with Gasteiger partial charge in [0, 0.05) is 32.2 Å². The van der Waals surface area contributed by atoms with Crippen molar-refractivity contribution in [2.24, 2.45) is 13.0 Å². The van der Waals surface area contributed by atoms with Gasteiger partial charge in [-0.05, 0) is 47.5 Å². The summed E-state index contributed by atoms with van der Waals surface area (Å²) in [5.74, 6) is 0.0210. The second kappa shape index (κ2) is 6.68. The van der Waals surface area contributed by atoms with Crippen LogP contribution in [0.5, 0.6) is 0 Å². The molecule has 0 atom stereocenters. The molecule has 3 rings (SSSR count). The summed E-state index contributed by atoms with van der Waals surface area (Å²) < 4.78 is 2.90. The van der Waals surface area contributed by atoms with E-state index in [0.29, 0.717) is 12.1 Å². The number of aliphatic carboxylic acids is 1. The summed E-state index contributed by atoms with van der Waals surface area (Å²) in [5, 5.41) is 16.8. The van der Waals surface area contributed by atoms with E-state index in [9.17, 15) is 4.79 Å². The first-order valence-electron chi connectivity index (χ1n) is 7.88. The molecule has 1 aromatic heterocycles. The van der Waals surface area contributed by atoms with Crippen molar-refractivity contribution in [3.63, 3.8) is 0 Å². The van der Waals surface area contributed by atoms with Crippen LogP contribution in [0.4, 0.5) is 0 Å². The van der Waals surface area contributed by atoms with E-state index in [-0.39, 0.29) is 6.54 Å². The minimum Gasteiger partial charge on any atom is -0.480 e. The van der Waals surface area contributed by atoms with Gasteiger partial charge in [0.2, 0.25) is 0 Å². The standard InChI is InChI=1S/C15H23BrN4O2/c1-19-14(13(16)6-18-19)7-17-11-4-12(5-11)20(9-15(21)22)8-10-2-3-10/h6,10-12,17H,2-5,7-9H2,1H3,(H,21,22). The molecule has 1 heterocycles. The highest BCUT2D eigenvalue weighted by Crippen LogP contribution is 2.33. The molecule has 0 bridgehead atoms. The van der Waals surface area contributed by atoms with Gasteiger partial charge in [-0.1, -0.05) is 0 Å². The molecule has 1 aromatic rings. The number of aryl methyl sites for hydroxylation is 1. The predicted molar refractivity (Wildman–Crippen MR) is 86.5 cm³/mol. The van der Waals surface area contributed by atoms with E-state index in [1.54, 1.807) is 0 Å². The van der Waals surface area contributed by atoms with Gasteiger partial charge in [-0.15, -0.1) is 0 Å². The number of carboxylic acid groups (broad SMARTS) is 1. The maximum Gasteiger partial charge on any atom is 0.317 e. The number of hydrogen-bond acceptors (Lipinski definition) is 4. The normalized spacial score (nSPS) is 24.5. The second-order valence-corrected chi connectivity index (χ2v) is 7.39. The highest BCUT2D eigenvalue weighted by Gasteiger charge is 2.36. The van der Waals surface area contributed by atoms with Crippen LogP contribution in [-0.2, 0) is 18.4 Å². The minimum absolute atomic E-state index is 0.182. The van der Waals surface area contributed by atoms with E-state index >= 15 is 0 Å². The van der Waals surface area contributed by atoms with Crippen LogP contribution < -0.4 is 5.32 Å². The Hall–Kier alpha value is -0.920. The van der Waals surface area contributed by atoms with E-state index < -0.39 is 5.97 Å². The Labute approximate surface area is 139 Å². The average Bonchev–Trinajstić information content (AvgIpc) is 3.15. The lowest BCUT2D eigenvalue weighted by Crippen LogP contribution is -2.54. The van der Waals surface area contributed by atoms with Gasteiger partial charge in [0.15, 0.2) is 0 Å². The van der Waals surface area contributed by atoms with Gasteiger partial charge < -0.3 is 10.4 Å². The molecular weight excluding hydrogens is 348 g/mol. The average molecular weight is 371 g/mol. The lowest BCUT2D eigenvalue weighted by atomic mass is 9.85. The van der Waals surface area contributed by atoms with Gasteiger partial charge in [-0.25, -0.2) is 0 Å². The summed E-state index contributed by atoms with van der Waals surface area (Å²) in [4.78, 5) is 13.2. The summed E-state index contributed by atoms with van der Waals surface area (Å²) in [6, 6.07) is 0.895. The summed E-state index contributed by atoms with van der Waals surface area (Å²) in [7, 11) is 1.94. The van der Waals surface area contributed by atoms with Crippen LogP contribution in [-0.4, -0.2) is 50.9 Å². The van der Waals surface area contributed by atoms with E-state index in [0.717, 1.165) is 42.0 Å². The molecule has 122 valence electrons. The topological polar surface area (TPSA) is 70.4 Å². The van der Waals surface area contributed by atoms with Crippen molar-refractivity contribution in [2.45, 2.75) is 44.3 Å². The van der Waals surface area contributed by atoms with Crippen LogP contribution in [0.3, 0.4) is 0 Å². The third kappa shape index (κ3) is 3.88. The summed E-state index contributed by atoms with van der Waals surface area (Å²) in [6.45, 7) is 1.92. The van der Waals surface area contributed by atoms with Crippen molar-refractivity contribution in [1.82, 2.24) is 20.0 Å². The largest absolute Gasteiger partial charge is 0.480 e. The molecule has 7 heteroatoms. The molecule has 2 aliphatic rings. The van der Waals surface area contributed by atoms with E-state index in [1.807, 2.05) is 17.9 Å². The first-order chi connectivity index (χ1) is 10.5. The quantitative estimate of drug-likeness (QED) is 0.727. The number of carbonyl (C=O) groups is 1. The lowest BCUT2D eigenvalue weighted by molar-refractivity contribution is -0.139. The van der Waals surface area contributed by atoms with Crippen LogP contribution in [0.25, 0.3) is 0 Å². The summed E-state index contributed by atoms with van der Waals surface area (Å²) in [6.07, 6.45) is 6.41. The van der Waals surface area contributed by atoms with Crippen molar-refractivity contribution in [1.29, 1.82) is 0 Å². The number of halogens is 1. The number of nitrogens with one attached hydrogen (secondary N) is 1. The zero-order valence-corrected chi connectivity index (χ0v) is 14.4. The van der Waals surface area contributed by atoms with Gasteiger partial charge in [-0.2, -0.15) is 5.10 Å². The van der Waals surface area contributed by atoms with E-state index in [1.165, 1.54) is 12.8 Å². The Bertz CT molecular complexity index is 518. The Morgan fingerprint density at radius 1 is 1.55 bits per heavy atom.